The molecule has 20 heavy (non-hydrogen) atoms. The lowest BCUT2D eigenvalue weighted by Gasteiger charge is -2.12. The molecule has 0 spiro atoms. The SMILES string of the molecule is COC(=O)c1nn(-c2c(C)cc(C)cc2C)c(C)c1Cl. The molecule has 0 aliphatic carbocycles. The molecule has 0 atom stereocenters. The highest BCUT2D eigenvalue weighted by atomic mass is 35.5. The molecule has 2 aromatic rings. The molecular formula is C15H17ClN2O2. The number of hydrogen-bond donors (Lipinski definition) is 0. The molecule has 0 N–H and O–H groups in total. The van der Waals surface area contributed by atoms with Crippen LogP contribution in [0, 0.1) is 27.7 Å². The topological polar surface area (TPSA) is 44.1 Å². The molecule has 0 saturated carbocycles. The van der Waals surface area contributed by atoms with Gasteiger partial charge in [-0.05, 0) is 38.8 Å². The number of nitrogens with zero attached hydrogens (tertiary/aromatic N) is 2. The summed E-state index contributed by atoms with van der Waals surface area (Å²) < 4.78 is 6.41. The van der Waals surface area contributed by atoms with E-state index in [9.17, 15) is 4.79 Å². The largest absolute Gasteiger partial charge is 0.464 e. The van der Waals surface area contributed by atoms with Gasteiger partial charge in [-0.25, -0.2) is 9.48 Å². The zero-order valence-electron chi connectivity index (χ0n) is 12.2. The summed E-state index contributed by atoms with van der Waals surface area (Å²) in [7, 11) is 1.31. The highest BCUT2D eigenvalue weighted by Crippen LogP contribution is 2.27. The van der Waals surface area contributed by atoms with E-state index in [1.807, 2.05) is 27.7 Å². The first-order chi connectivity index (χ1) is 9.36. The van der Waals surface area contributed by atoms with Gasteiger partial charge >= 0.3 is 5.97 Å². The molecule has 0 aliphatic heterocycles. The third-order valence-electron chi connectivity index (χ3n) is 3.27. The normalized spacial score (nSPS) is 10.7. The first-order valence-electron chi connectivity index (χ1n) is 6.28. The van der Waals surface area contributed by atoms with Crippen LogP contribution >= 0.6 is 11.6 Å². The number of halogens is 1. The fourth-order valence-electron chi connectivity index (χ4n) is 2.43. The number of rotatable bonds is 2. The quantitative estimate of drug-likeness (QED) is 0.795. The van der Waals surface area contributed by atoms with Gasteiger partial charge in [-0.3, -0.25) is 0 Å². The molecule has 0 radical (unpaired) electrons. The van der Waals surface area contributed by atoms with E-state index in [-0.39, 0.29) is 5.69 Å². The first-order valence-corrected chi connectivity index (χ1v) is 6.66. The fraction of sp³-hybridized carbons (Fsp3) is 0.333. The lowest BCUT2D eigenvalue weighted by molar-refractivity contribution is 0.0593. The summed E-state index contributed by atoms with van der Waals surface area (Å²) in [6, 6.07) is 4.16. The summed E-state index contributed by atoms with van der Waals surface area (Å²) >= 11 is 6.19. The second-order valence-corrected chi connectivity index (χ2v) is 5.28. The molecule has 1 aromatic carbocycles. The molecule has 1 heterocycles. The molecule has 0 aliphatic rings. The van der Waals surface area contributed by atoms with Crippen LogP contribution in [0.5, 0.6) is 0 Å². The molecule has 106 valence electrons. The van der Waals surface area contributed by atoms with Gasteiger partial charge in [0.2, 0.25) is 0 Å². The second-order valence-electron chi connectivity index (χ2n) is 4.90. The van der Waals surface area contributed by atoms with Gasteiger partial charge in [-0.1, -0.05) is 29.3 Å². The van der Waals surface area contributed by atoms with E-state index >= 15 is 0 Å². The summed E-state index contributed by atoms with van der Waals surface area (Å²) in [6.07, 6.45) is 0. The molecule has 2 rings (SSSR count). The average molecular weight is 293 g/mol. The van der Waals surface area contributed by atoms with Crippen molar-refractivity contribution in [3.05, 3.63) is 45.2 Å². The zero-order chi connectivity index (χ0) is 15.0. The zero-order valence-corrected chi connectivity index (χ0v) is 13.0. The summed E-state index contributed by atoms with van der Waals surface area (Å²) in [4.78, 5) is 11.7. The van der Waals surface area contributed by atoms with Gasteiger partial charge in [0.1, 0.15) is 0 Å². The first kappa shape index (κ1) is 14.6. The van der Waals surface area contributed by atoms with Crippen LogP contribution in [0.1, 0.15) is 32.9 Å². The van der Waals surface area contributed by atoms with E-state index in [1.54, 1.807) is 4.68 Å². The maximum atomic E-state index is 11.7. The number of aryl methyl sites for hydroxylation is 3. The lowest BCUT2D eigenvalue weighted by Crippen LogP contribution is -2.07. The van der Waals surface area contributed by atoms with Crippen molar-refractivity contribution >= 4 is 17.6 Å². The Hall–Kier alpha value is -1.81. The molecule has 0 unspecified atom stereocenters. The second kappa shape index (κ2) is 5.29. The number of carbonyl (C=O) groups is 1. The minimum atomic E-state index is -0.528. The van der Waals surface area contributed by atoms with Gasteiger partial charge in [-0.15, -0.1) is 0 Å². The third kappa shape index (κ3) is 2.31. The van der Waals surface area contributed by atoms with Gasteiger partial charge in [0.15, 0.2) is 5.69 Å². The average Bonchev–Trinajstić information content (AvgIpc) is 2.65. The Bertz CT molecular complexity index is 666. The number of carbonyl (C=O) groups excluding carboxylic acids is 1. The van der Waals surface area contributed by atoms with Crippen molar-refractivity contribution in [3.63, 3.8) is 0 Å². The maximum absolute atomic E-state index is 11.7. The number of hydrogen-bond acceptors (Lipinski definition) is 3. The van der Waals surface area contributed by atoms with Crippen molar-refractivity contribution in [2.75, 3.05) is 7.11 Å². The minimum absolute atomic E-state index is 0.144. The Labute approximate surface area is 123 Å². The third-order valence-corrected chi connectivity index (χ3v) is 3.72. The van der Waals surface area contributed by atoms with Gasteiger partial charge in [0, 0.05) is 0 Å². The van der Waals surface area contributed by atoms with Crippen molar-refractivity contribution in [1.82, 2.24) is 9.78 Å². The highest BCUT2D eigenvalue weighted by Gasteiger charge is 2.22. The van der Waals surface area contributed by atoms with Crippen LogP contribution in [-0.4, -0.2) is 22.9 Å². The highest BCUT2D eigenvalue weighted by molar-refractivity contribution is 6.34. The van der Waals surface area contributed by atoms with Crippen LogP contribution in [-0.2, 0) is 4.74 Å². The van der Waals surface area contributed by atoms with Gasteiger partial charge < -0.3 is 4.74 Å². The summed E-state index contributed by atoms with van der Waals surface area (Å²) in [5.41, 5.74) is 5.17. The van der Waals surface area contributed by atoms with Gasteiger partial charge in [-0.2, -0.15) is 5.10 Å². The monoisotopic (exact) mass is 292 g/mol. The molecule has 0 bridgehead atoms. The number of esters is 1. The molecule has 5 heteroatoms. The van der Waals surface area contributed by atoms with E-state index in [1.165, 1.54) is 12.7 Å². The van der Waals surface area contributed by atoms with Crippen LogP contribution < -0.4 is 0 Å². The Balaban J connectivity index is 2.69. The number of ether oxygens (including phenoxy) is 1. The standard InChI is InChI=1S/C15H17ClN2O2/c1-8-6-9(2)14(10(3)7-8)18-11(4)12(16)13(17-18)15(19)20-5/h6-7H,1-5H3. The number of aromatic nitrogens is 2. The maximum Gasteiger partial charge on any atom is 0.360 e. The van der Waals surface area contributed by atoms with Crippen molar-refractivity contribution < 1.29 is 9.53 Å². The molecule has 4 nitrogen and oxygen atoms in total. The fourth-order valence-corrected chi connectivity index (χ4v) is 2.63. The molecular weight excluding hydrogens is 276 g/mol. The smallest absolute Gasteiger partial charge is 0.360 e. The van der Waals surface area contributed by atoms with E-state index in [0.29, 0.717) is 5.02 Å². The van der Waals surface area contributed by atoms with E-state index in [0.717, 1.165) is 22.5 Å². The molecule has 0 amide bonds. The summed E-state index contributed by atoms with van der Waals surface area (Å²) in [6.45, 7) is 7.91. The molecule has 0 fully saturated rings. The minimum Gasteiger partial charge on any atom is -0.464 e. The van der Waals surface area contributed by atoms with E-state index < -0.39 is 5.97 Å². The van der Waals surface area contributed by atoms with Crippen LogP contribution in [0.2, 0.25) is 5.02 Å². The van der Waals surface area contributed by atoms with Crippen LogP contribution in [0.15, 0.2) is 12.1 Å². The van der Waals surface area contributed by atoms with Crippen LogP contribution in [0.25, 0.3) is 5.69 Å². The predicted molar refractivity (Wildman–Crippen MR) is 78.9 cm³/mol. The lowest BCUT2D eigenvalue weighted by atomic mass is 10.1. The number of methoxy groups -OCH3 is 1. The van der Waals surface area contributed by atoms with Crippen molar-refractivity contribution in [2.45, 2.75) is 27.7 Å². The Morgan fingerprint density at radius 1 is 1.20 bits per heavy atom. The van der Waals surface area contributed by atoms with Gasteiger partial charge in [0.05, 0.1) is 23.5 Å². The molecule has 0 saturated heterocycles. The van der Waals surface area contributed by atoms with E-state index in [2.05, 4.69) is 17.2 Å². The van der Waals surface area contributed by atoms with Crippen molar-refractivity contribution in [2.24, 2.45) is 0 Å². The Morgan fingerprint density at radius 2 is 1.75 bits per heavy atom. The Morgan fingerprint density at radius 3 is 2.25 bits per heavy atom. The van der Waals surface area contributed by atoms with Crippen molar-refractivity contribution in [3.8, 4) is 5.69 Å². The van der Waals surface area contributed by atoms with Gasteiger partial charge in [0.25, 0.3) is 0 Å². The van der Waals surface area contributed by atoms with Crippen molar-refractivity contribution in [1.29, 1.82) is 0 Å². The Kier molecular flexibility index (Phi) is 3.86. The summed E-state index contributed by atoms with van der Waals surface area (Å²) in [5, 5.41) is 4.64. The predicted octanol–water partition coefficient (Wildman–Crippen LogP) is 3.55. The molecule has 1 aromatic heterocycles. The van der Waals surface area contributed by atoms with Crippen LogP contribution in [0.4, 0.5) is 0 Å². The van der Waals surface area contributed by atoms with Crippen LogP contribution in [0.3, 0.4) is 0 Å². The summed E-state index contributed by atoms with van der Waals surface area (Å²) in [5.74, 6) is -0.528. The van der Waals surface area contributed by atoms with E-state index in [4.69, 9.17) is 16.3 Å². The number of benzene rings is 1.